The van der Waals surface area contributed by atoms with Gasteiger partial charge in [-0.3, -0.25) is 0 Å². The Hall–Kier alpha value is -1.73. The molecule has 18 heavy (non-hydrogen) atoms. The molecule has 2 rings (SSSR count). The Bertz CT molecular complexity index is 524. The predicted octanol–water partition coefficient (Wildman–Crippen LogP) is 2.51. The largest absolute Gasteiger partial charge is 0.480 e. The molecule has 0 aliphatic carbocycles. The lowest BCUT2D eigenvalue weighted by atomic mass is 10.0. The summed E-state index contributed by atoms with van der Waals surface area (Å²) in [6, 6.07) is 6.58. The van der Waals surface area contributed by atoms with Gasteiger partial charge in [-0.15, -0.1) is 0 Å². The first-order valence-electron chi connectivity index (χ1n) is 5.74. The van der Waals surface area contributed by atoms with Crippen LogP contribution in [0.15, 0.2) is 18.2 Å². The summed E-state index contributed by atoms with van der Waals surface area (Å²) >= 11 is 5.98. The summed E-state index contributed by atoms with van der Waals surface area (Å²) in [7, 11) is 0. The maximum atomic E-state index is 11.3. The monoisotopic (exact) mass is 264 g/mol. The van der Waals surface area contributed by atoms with Crippen LogP contribution in [-0.4, -0.2) is 23.7 Å². The molecule has 0 saturated carbocycles. The van der Waals surface area contributed by atoms with Crippen molar-refractivity contribution < 1.29 is 9.90 Å². The predicted molar refractivity (Wildman–Crippen MR) is 68.7 cm³/mol. The molecule has 1 saturated heterocycles. The summed E-state index contributed by atoms with van der Waals surface area (Å²) in [4.78, 5) is 13.1. The van der Waals surface area contributed by atoms with Crippen LogP contribution in [0.25, 0.3) is 0 Å². The van der Waals surface area contributed by atoms with Gasteiger partial charge < -0.3 is 10.0 Å². The molecular formula is C13H13ClN2O2. The Balaban J connectivity index is 2.47. The van der Waals surface area contributed by atoms with Crippen molar-refractivity contribution in [3.63, 3.8) is 0 Å². The molecule has 0 amide bonds. The lowest BCUT2D eigenvalue weighted by molar-refractivity contribution is -0.139. The van der Waals surface area contributed by atoms with Gasteiger partial charge in [0.25, 0.3) is 0 Å². The second kappa shape index (κ2) is 4.87. The number of anilines is 1. The summed E-state index contributed by atoms with van der Waals surface area (Å²) in [6.45, 7) is 2.54. The highest BCUT2D eigenvalue weighted by atomic mass is 35.5. The maximum absolute atomic E-state index is 11.3. The number of aliphatic carboxylic acids is 1. The maximum Gasteiger partial charge on any atom is 0.326 e. The zero-order valence-corrected chi connectivity index (χ0v) is 10.7. The van der Waals surface area contributed by atoms with Gasteiger partial charge in [0.1, 0.15) is 12.1 Å². The third kappa shape index (κ3) is 2.02. The minimum Gasteiger partial charge on any atom is -0.480 e. The topological polar surface area (TPSA) is 64.3 Å². The number of carboxylic acid groups (broad SMARTS) is 1. The molecule has 0 aromatic heterocycles. The standard InChI is InChI=1S/C13H13ClN2O2/c1-8-5-6-16(12(8)13(17)18)11-4-2-3-10(14)9(11)7-15/h2-4,8,12H,5-6H2,1H3,(H,17,18). The van der Waals surface area contributed by atoms with E-state index in [0.717, 1.165) is 6.42 Å². The zero-order valence-electron chi connectivity index (χ0n) is 9.93. The van der Waals surface area contributed by atoms with Crippen LogP contribution in [0.5, 0.6) is 0 Å². The Morgan fingerprint density at radius 2 is 2.33 bits per heavy atom. The highest BCUT2D eigenvalue weighted by Crippen LogP contribution is 2.34. The summed E-state index contributed by atoms with van der Waals surface area (Å²) in [5, 5.41) is 18.8. The van der Waals surface area contributed by atoms with Crippen molar-refractivity contribution in [2.24, 2.45) is 5.92 Å². The number of halogens is 1. The number of benzene rings is 1. The van der Waals surface area contributed by atoms with E-state index < -0.39 is 12.0 Å². The van der Waals surface area contributed by atoms with E-state index in [1.165, 1.54) is 0 Å². The van der Waals surface area contributed by atoms with Crippen molar-refractivity contribution in [3.05, 3.63) is 28.8 Å². The molecule has 0 spiro atoms. The van der Waals surface area contributed by atoms with E-state index in [2.05, 4.69) is 0 Å². The Labute approximate surface area is 110 Å². The van der Waals surface area contributed by atoms with E-state index in [0.29, 0.717) is 22.8 Å². The minimum absolute atomic E-state index is 0.0630. The molecule has 1 heterocycles. The first kappa shape index (κ1) is 12.7. The lowest BCUT2D eigenvalue weighted by Gasteiger charge is -2.26. The van der Waals surface area contributed by atoms with Gasteiger partial charge in [0, 0.05) is 6.54 Å². The SMILES string of the molecule is CC1CCN(c2cccc(Cl)c2C#N)C1C(=O)O. The first-order valence-corrected chi connectivity index (χ1v) is 6.12. The van der Waals surface area contributed by atoms with Crippen LogP contribution < -0.4 is 4.90 Å². The van der Waals surface area contributed by atoms with Crippen LogP contribution in [-0.2, 0) is 4.79 Å². The van der Waals surface area contributed by atoms with Gasteiger partial charge >= 0.3 is 5.97 Å². The van der Waals surface area contributed by atoms with E-state index in [-0.39, 0.29) is 5.92 Å². The van der Waals surface area contributed by atoms with Gasteiger partial charge in [0.15, 0.2) is 0 Å². The van der Waals surface area contributed by atoms with Gasteiger partial charge in [0.05, 0.1) is 16.3 Å². The summed E-state index contributed by atoms with van der Waals surface area (Å²) in [5.41, 5.74) is 0.960. The van der Waals surface area contributed by atoms with Crippen molar-refractivity contribution in [3.8, 4) is 6.07 Å². The van der Waals surface area contributed by atoms with Crippen LogP contribution in [0, 0.1) is 17.2 Å². The highest BCUT2D eigenvalue weighted by molar-refractivity contribution is 6.32. The summed E-state index contributed by atoms with van der Waals surface area (Å²) in [5.74, 6) is -0.795. The van der Waals surface area contributed by atoms with Crippen molar-refractivity contribution in [2.45, 2.75) is 19.4 Å². The summed E-state index contributed by atoms with van der Waals surface area (Å²) < 4.78 is 0. The fourth-order valence-electron chi connectivity index (χ4n) is 2.46. The number of nitrogens with zero attached hydrogens (tertiary/aromatic N) is 2. The summed E-state index contributed by atoms with van der Waals surface area (Å²) in [6.07, 6.45) is 0.800. The third-order valence-electron chi connectivity index (χ3n) is 3.37. The van der Waals surface area contributed by atoms with Crippen LogP contribution >= 0.6 is 11.6 Å². The Kier molecular flexibility index (Phi) is 3.44. The third-order valence-corrected chi connectivity index (χ3v) is 3.68. The second-order valence-corrected chi connectivity index (χ2v) is 4.90. The van der Waals surface area contributed by atoms with Gasteiger partial charge in [-0.2, -0.15) is 5.26 Å². The van der Waals surface area contributed by atoms with Gasteiger partial charge in [-0.25, -0.2) is 4.79 Å². The van der Waals surface area contributed by atoms with Crippen molar-refractivity contribution in [1.82, 2.24) is 0 Å². The van der Waals surface area contributed by atoms with Gasteiger partial charge in [-0.05, 0) is 24.5 Å². The normalized spacial score (nSPS) is 22.8. The van der Waals surface area contributed by atoms with E-state index in [9.17, 15) is 9.90 Å². The Morgan fingerprint density at radius 1 is 1.61 bits per heavy atom. The molecule has 2 atom stereocenters. The molecule has 0 radical (unpaired) electrons. The molecule has 5 heteroatoms. The molecule has 1 aromatic rings. The Morgan fingerprint density at radius 3 is 2.94 bits per heavy atom. The second-order valence-electron chi connectivity index (χ2n) is 4.49. The average Bonchev–Trinajstić information content (AvgIpc) is 2.70. The van der Waals surface area contributed by atoms with Crippen LogP contribution in [0.1, 0.15) is 18.9 Å². The average molecular weight is 265 g/mol. The molecule has 1 fully saturated rings. The van der Waals surface area contributed by atoms with Crippen LogP contribution in [0.4, 0.5) is 5.69 Å². The number of hydrogen-bond acceptors (Lipinski definition) is 3. The van der Waals surface area contributed by atoms with Crippen molar-refractivity contribution >= 4 is 23.3 Å². The molecule has 1 aliphatic rings. The number of carbonyl (C=O) groups is 1. The number of rotatable bonds is 2. The fourth-order valence-corrected chi connectivity index (χ4v) is 2.67. The van der Waals surface area contributed by atoms with Crippen LogP contribution in [0.3, 0.4) is 0 Å². The number of nitriles is 1. The molecule has 94 valence electrons. The molecule has 1 N–H and O–H groups in total. The molecule has 1 aromatic carbocycles. The first-order chi connectivity index (χ1) is 8.56. The molecule has 0 bridgehead atoms. The molecule has 1 aliphatic heterocycles. The minimum atomic E-state index is -0.858. The molecule has 2 unspecified atom stereocenters. The smallest absolute Gasteiger partial charge is 0.326 e. The van der Waals surface area contributed by atoms with Gasteiger partial charge in [0.2, 0.25) is 0 Å². The van der Waals surface area contributed by atoms with Crippen LogP contribution in [0.2, 0.25) is 5.02 Å². The fraction of sp³-hybridized carbons (Fsp3) is 0.385. The zero-order chi connectivity index (χ0) is 13.3. The highest BCUT2D eigenvalue weighted by Gasteiger charge is 2.37. The van der Waals surface area contributed by atoms with Gasteiger partial charge in [-0.1, -0.05) is 24.6 Å². The number of hydrogen-bond donors (Lipinski definition) is 1. The van der Waals surface area contributed by atoms with E-state index >= 15 is 0 Å². The lowest BCUT2D eigenvalue weighted by Crippen LogP contribution is -2.39. The molecular weight excluding hydrogens is 252 g/mol. The number of carboxylic acids is 1. The molecule has 4 nitrogen and oxygen atoms in total. The quantitative estimate of drug-likeness (QED) is 0.891. The van der Waals surface area contributed by atoms with Crippen molar-refractivity contribution in [1.29, 1.82) is 5.26 Å². The van der Waals surface area contributed by atoms with E-state index in [1.807, 2.05) is 13.0 Å². The van der Waals surface area contributed by atoms with E-state index in [1.54, 1.807) is 23.1 Å². The van der Waals surface area contributed by atoms with E-state index in [4.69, 9.17) is 16.9 Å². The van der Waals surface area contributed by atoms with Crippen molar-refractivity contribution in [2.75, 3.05) is 11.4 Å².